The molecule has 0 aromatic carbocycles. The Kier molecular flexibility index (Phi) is 4.82. The van der Waals surface area contributed by atoms with Crippen LogP contribution in [-0.4, -0.2) is 35.6 Å². The zero-order valence-electron chi connectivity index (χ0n) is 9.54. The van der Waals surface area contributed by atoms with Gasteiger partial charge in [-0.15, -0.1) is 0 Å². The van der Waals surface area contributed by atoms with Crippen LogP contribution in [0.4, 0.5) is 0 Å². The lowest BCUT2D eigenvalue weighted by Crippen LogP contribution is -2.28. The topological polar surface area (TPSA) is 40.5 Å². The molecule has 1 saturated heterocycles. The highest BCUT2D eigenvalue weighted by molar-refractivity contribution is 5.86. The van der Waals surface area contributed by atoms with Gasteiger partial charge in [-0.2, -0.15) is 0 Å². The van der Waals surface area contributed by atoms with E-state index in [-0.39, 0.29) is 0 Å². The van der Waals surface area contributed by atoms with Gasteiger partial charge in [-0.1, -0.05) is 19.9 Å². The van der Waals surface area contributed by atoms with Crippen molar-refractivity contribution in [3.05, 3.63) is 12.2 Å². The van der Waals surface area contributed by atoms with E-state index in [1.165, 1.54) is 25.7 Å². The van der Waals surface area contributed by atoms with Crippen LogP contribution >= 0.6 is 0 Å². The average molecular weight is 211 g/mol. The smallest absolute Gasteiger partial charge is 0.332 e. The first-order valence-corrected chi connectivity index (χ1v) is 5.77. The minimum absolute atomic E-state index is 0.310. The van der Waals surface area contributed by atoms with Gasteiger partial charge in [-0.25, -0.2) is 4.79 Å². The van der Waals surface area contributed by atoms with Gasteiger partial charge in [-0.3, -0.25) is 4.90 Å². The summed E-state index contributed by atoms with van der Waals surface area (Å²) in [7, 11) is 0. The summed E-state index contributed by atoms with van der Waals surface area (Å²) in [6.07, 6.45) is 4.91. The molecule has 1 heterocycles. The van der Waals surface area contributed by atoms with Crippen molar-refractivity contribution in [2.45, 2.75) is 32.6 Å². The summed E-state index contributed by atoms with van der Waals surface area (Å²) in [6, 6.07) is 0. The van der Waals surface area contributed by atoms with Crippen LogP contribution in [0.15, 0.2) is 12.2 Å². The van der Waals surface area contributed by atoms with Gasteiger partial charge in [-0.05, 0) is 38.3 Å². The van der Waals surface area contributed by atoms with Crippen molar-refractivity contribution >= 4 is 5.97 Å². The lowest BCUT2D eigenvalue weighted by molar-refractivity contribution is -0.132. The van der Waals surface area contributed by atoms with Gasteiger partial charge in [0.2, 0.25) is 0 Å². The summed E-state index contributed by atoms with van der Waals surface area (Å²) in [5, 5.41) is 8.75. The first kappa shape index (κ1) is 12.2. The first-order valence-electron chi connectivity index (χ1n) is 5.77. The molecule has 1 fully saturated rings. The predicted molar refractivity (Wildman–Crippen MR) is 60.8 cm³/mol. The van der Waals surface area contributed by atoms with E-state index in [1.807, 2.05) is 0 Å². The van der Waals surface area contributed by atoms with E-state index in [0.717, 1.165) is 19.0 Å². The molecule has 0 saturated carbocycles. The number of likely N-dealkylation sites (tertiary alicyclic amines) is 1. The van der Waals surface area contributed by atoms with Crippen LogP contribution in [0.1, 0.15) is 32.6 Å². The molecule has 3 nitrogen and oxygen atoms in total. The highest BCUT2D eigenvalue weighted by atomic mass is 16.4. The Labute approximate surface area is 91.8 Å². The van der Waals surface area contributed by atoms with Crippen molar-refractivity contribution in [3.63, 3.8) is 0 Å². The molecular formula is C12H21NO2. The molecule has 3 heteroatoms. The number of hydrogen-bond acceptors (Lipinski definition) is 2. The van der Waals surface area contributed by atoms with Gasteiger partial charge in [0.25, 0.3) is 0 Å². The second-order valence-corrected chi connectivity index (χ2v) is 4.39. The van der Waals surface area contributed by atoms with Crippen molar-refractivity contribution in [2.75, 3.05) is 19.6 Å². The maximum absolute atomic E-state index is 10.7. The van der Waals surface area contributed by atoms with E-state index in [4.69, 9.17) is 5.11 Å². The van der Waals surface area contributed by atoms with E-state index >= 15 is 0 Å². The number of rotatable bonds is 4. The largest absolute Gasteiger partial charge is 0.478 e. The zero-order valence-corrected chi connectivity index (χ0v) is 9.54. The fourth-order valence-corrected chi connectivity index (χ4v) is 2.13. The van der Waals surface area contributed by atoms with Gasteiger partial charge in [0.15, 0.2) is 0 Å². The Balaban J connectivity index is 2.37. The molecule has 1 rings (SSSR count). The summed E-state index contributed by atoms with van der Waals surface area (Å²) in [4.78, 5) is 12.9. The zero-order chi connectivity index (χ0) is 11.3. The maximum atomic E-state index is 10.7. The van der Waals surface area contributed by atoms with Crippen LogP contribution in [-0.2, 0) is 4.79 Å². The average Bonchev–Trinajstić information content (AvgIpc) is 2.43. The molecular weight excluding hydrogens is 190 g/mol. The summed E-state index contributed by atoms with van der Waals surface area (Å²) in [6.45, 7) is 8.36. The predicted octanol–water partition coefficient (Wildman–Crippen LogP) is 2.14. The number of hydrogen-bond donors (Lipinski definition) is 1. The molecule has 0 aromatic heterocycles. The number of carbonyl (C=O) groups is 1. The van der Waals surface area contributed by atoms with Crippen molar-refractivity contribution in [1.29, 1.82) is 0 Å². The Morgan fingerprint density at radius 3 is 2.80 bits per heavy atom. The normalized spacial score (nSPS) is 23.4. The Hall–Kier alpha value is -0.830. The molecule has 86 valence electrons. The van der Waals surface area contributed by atoms with E-state index in [0.29, 0.717) is 12.1 Å². The lowest BCUT2D eigenvalue weighted by Gasteiger charge is -2.19. The second kappa shape index (κ2) is 5.91. The third kappa shape index (κ3) is 4.04. The maximum Gasteiger partial charge on any atom is 0.332 e. The van der Waals surface area contributed by atoms with E-state index < -0.39 is 5.97 Å². The molecule has 1 atom stereocenters. The van der Waals surface area contributed by atoms with Crippen molar-refractivity contribution in [2.24, 2.45) is 5.92 Å². The molecule has 1 aliphatic rings. The SMILES string of the molecule is C=C(CN1CCCC(CC)CC1)C(=O)O. The molecule has 0 spiro atoms. The van der Waals surface area contributed by atoms with Crippen LogP contribution in [0.5, 0.6) is 0 Å². The van der Waals surface area contributed by atoms with Gasteiger partial charge < -0.3 is 5.11 Å². The third-order valence-corrected chi connectivity index (χ3v) is 3.23. The molecule has 0 amide bonds. The quantitative estimate of drug-likeness (QED) is 0.724. The second-order valence-electron chi connectivity index (χ2n) is 4.39. The molecule has 1 unspecified atom stereocenters. The van der Waals surface area contributed by atoms with Crippen molar-refractivity contribution in [3.8, 4) is 0 Å². The fraction of sp³-hybridized carbons (Fsp3) is 0.750. The highest BCUT2D eigenvalue weighted by Gasteiger charge is 2.17. The van der Waals surface area contributed by atoms with Crippen LogP contribution < -0.4 is 0 Å². The molecule has 1 N–H and O–H groups in total. The van der Waals surface area contributed by atoms with Gasteiger partial charge in [0.05, 0.1) is 0 Å². The van der Waals surface area contributed by atoms with Crippen molar-refractivity contribution in [1.82, 2.24) is 4.90 Å². The number of nitrogens with zero attached hydrogens (tertiary/aromatic N) is 1. The number of carboxylic acids is 1. The Morgan fingerprint density at radius 1 is 1.47 bits per heavy atom. The highest BCUT2D eigenvalue weighted by Crippen LogP contribution is 2.20. The first-order chi connectivity index (χ1) is 7.13. The van der Waals surface area contributed by atoms with E-state index in [1.54, 1.807) is 0 Å². The molecule has 0 radical (unpaired) electrons. The number of aliphatic carboxylic acids is 1. The minimum Gasteiger partial charge on any atom is -0.478 e. The monoisotopic (exact) mass is 211 g/mol. The summed E-state index contributed by atoms with van der Waals surface area (Å²) < 4.78 is 0. The Bertz CT molecular complexity index is 238. The number of carboxylic acid groups (broad SMARTS) is 1. The third-order valence-electron chi connectivity index (χ3n) is 3.23. The van der Waals surface area contributed by atoms with Gasteiger partial charge in [0.1, 0.15) is 0 Å². The van der Waals surface area contributed by atoms with Crippen LogP contribution in [0, 0.1) is 5.92 Å². The molecule has 1 aliphatic heterocycles. The van der Waals surface area contributed by atoms with Crippen LogP contribution in [0.2, 0.25) is 0 Å². The fourth-order valence-electron chi connectivity index (χ4n) is 2.13. The molecule has 0 aliphatic carbocycles. The molecule has 0 aromatic rings. The summed E-state index contributed by atoms with van der Waals surface area (Å²) >= 11 is 0. The summed E-state index contributed by atoms with van der Waals surface area (Å²) in [5.74, 6) is -0.0422. The van der Waals surface area contributed by atoms with E-state index in [9.17, 15) is 4.79 Å². The lowest BCUT2D eigenvalue weighted by atomic mass is 9.98. The van der Waals surface area contributed by atoms with Crippen molar-refractivity contribution < 1.29 is 9.90 Å². The summed E-state index contributed by atoms with van der Waals surface area (Å²) in [5.41, 5.74) is 0.310. The van der Waals surface area contributed by atoms with Crippen LogP contribution in [0.3, 0.4) is 0 Å². The standard InChI is InChI=1S/C12H21NO2/c1-3-11-5-4-7-13(8-6-11)9-10(2)12(14)15/h11H,2-9H2,1H3,(H,14,15). The van der Waals surface area contributed by atoms with E-state index in [2.05, 4.69) is 18.4 Å². The van der Waals surface area contributed by atoms with Crippen LogP contribution in [0.25, 0.3) is 0 Å². The molecule has 0 bridgehead atoms. The van der Waals surface area contributed by atoms with Gasteiger partial charge >= 0.3 is 5.97 Å². The Morgan fingerprint density at radius 2 is 2.20 bits per heavy atom. The minimum atomic E-state index is -0.869. The van der Waals surface area contributed by atoms with Gasteiger partial charge in [0, 0.05) is 12.1 Å². The molecule has 15 heavy (non-hydrogen) atoms.